The van der Waals surface area contributed by atoms with E-state index in [2.05, 4.69) is 70.0 Å². The van der Waals surface area contributed by atoms with Crippen LogP contribution in [0.15, 0.2) is 24.3 Å². The van der Waals surface area contributed by atoms with Crippen LogP contribution in [0.4, 0.5) is 0 Å². The predicted octanol–water partition coefficient (Wildman–Crippen LogP) is 4.45. The second kappa shape index (κ2) is 6.91. The van der Waals surface area contributed by atoms with Crippen molar-refractivity contribution in [2.24, 2.45) is 0 Å². The SMILES string of the molecule is COC(C)CC(CBr)(CBr)c1ccc(C)cc1. The van der Waals surface area contributed by atoms with Crippen molar-refractivity contribution in [2.75, 3.05) is 17.8 Å². The van der Waals surface area contributed by atoms with Crippen molar-refractivity contribution in [3.8, 4) is 0 Å². The summed E-state index contributed by atoms with van der Waals surface area (Å²) in [5.41, 5.74) is 2.76. The van der Waals surface area contributed by atoms with E-state index in [9.17, 15) is 0 Å². The molecule has 1 aromatic rings. The first-order valence-corrected chi connectivity index (χ1v) is 8.04. The molecule has 1 unspecified atom stereocenters. The number of benzene rings is 1. The highest BCUT2D eigenvalue weighted by molar-refractivity contribution is 9.09. The molecule has 96 valence electrons. The molecule has 0 aromatic heterocycles. The van der Waals surface area contributed by atoms with Gasteiger partial charge in [-0.25, -0.2) is 0 Å². The second-order valence-corrected chi connectivity index (χ2v) is 5.79. The molecule has 0 aliphatic rings. The van der Waals surface area contributed by atoms with Crippen LogP contribution in [-0.4, -0.2) is 23.9 Å². The lowest BCUT2D eigenvalue weighted by Crippen LogP contribution is -2.34. The van der Waals surface area contributed by atoms with Gasteiger partial charge in [0.05, 0.1) is 6.10 Å². The average molecular weight is 364 g/mol. The Morgan fingerprint density at radius 2 is 1.71 bits per heavy atom. The zero-order valence-electron chi connectivity index (χ0n) is 10.7. The number of alkyl halides is 2. The summed E-state index contributed by atoms with van der Waals surface area (Å²) in [5.74, 6) is 0. The van der Waals surface area contributed by atoms with Gasteiger partial charge in [-0.1, -0.05) is 61.7 Å². The molecule has 0 saturated carbocycles. The number of hydrogen-bond acceptors (Lipinski definition) is 1. The molecule has 0 amide bonds. The maximum atomic E-state index is 5.41. The molecule has 0 spiro atoms. The molecular weight excluding hydrogens is 344 g/mol. The number of hydrogen-bond donors (Lipinski definition) is 0. The Hall–Kier alpha value is 0.140. The maximum Gasteiger partial charge on any atom is 0.0552 e. The van der Waals surface area contributed by atoms with E-state index in [1.807, 2.05) is 0 Å². The molecule has 0 fully saturated rings. The van der Waals surface area contributed by atoms with Gasteiger partial charge in [0.2, 0.25) is 0 Å². The van der Waals surface area contributed by atoms with Gasteiger partial charge in [0, 0.05) is 23.2 Å². The van der Waals surface area contributed by atoms with Crippen LogP contribution in [0.3, 0.4) is 0 Å². The molecule has 1 rings (SSSR count). The van der Waals surface area contributed by atoms with Gasteiger partial charge in [-0.05, 0) is 25.8 Å². The highest BCUT2D eigenvalue weighted by atomic mass is 79.9. The first-order chi connectivity index (χ1) is 8.07. The molecule has 0 heterocycles. The topological polar surface area (TPSA) is 9.23 Å². The van der Waals surface area contributed by atoms with Crippen molar-refractivity contribution in [1.29, 1.82) is 0 Å². The molecule has 0 bridgehead atoms. The molecule has 1 atom stereocenters. The standard InChI is InChI=1S/C14H20Br2O/c1-11-4-6-13(7-5-11)14(9-15,10-16)8-12(2)17-3/h4-7,12H,8-10H2,1-3H3. The predicted molar refractivity (Wildman–Crippen MR) is 81.5 cm³/mol. The number of aryl methyl sites for hydroxylation is 1. The average Bonchev–Trinajstić information content (AvgIpc) is 2.37. The van der Waals surface area contributed by atoms with Crippen molar-refractivity contribution in [2.45, 2.75) is 31.8 Å². The van der Waals surface area contributed by atoms with Gasteiger partial charge in [0.25, 0.3) is 0 Å². The Morgan fingerprint density at radius 1 is 1.18 bits per heavy atom. The van der Waals surface area contributed by atoms with Crippen LogP contribution in [0.5, 0.6) is 0 Å². The third kappa shape index (κ3) is 3.80. The lowest BCUT2D eigenvalue weighted by molar-refractivity contribution is 0.0945. The number of halogens is 2. The summed E-state index contributed by atoms with van der Waals surface area (Å²) in [4.78, 5) is 0. The molecule has 0 aliphatic heterocycles. The molecule has 1 nitrogen and oxygen atoms in total. The third-order valence-electron chi connectivity index (χ3n) is 3.26. The highest BCUT2D eigenvalue weighted by Gasteiger charge is 2.31. The van der Waals surface area contributed by atoms with Crippen LogP contribution in [0.25, 0.3) is 0 Å². The molecule has 3 heteroatoms. The molecule has 1 aromatic carbocycles. The van der Waals surface area contributed by atoms with E-state index in [1.54, 1.807) is 7.11 Å². The minimum absolute atomic E-state index is 0.100. The molecule has 17 heavy (non-hydrogen) atoms. The van der Waals surface area contributed by atoms with Gasteiger partial charge in [-0.2, -0.15) is 0 Å². The van der Waals surface area contributed by atoms with Crippen LogP contribution in [0, 0.1) is 6.92 Å². The lowest BCUT2D eigenvalue weighted by Gasteiger charge is -2.33. The van der Waals surface area contributed by atoms with Crippen molar-refractivity contribution in [1.82, 2.24) is 0 Å². The van der Waals surface area contributed by atoms with E-state index in [0.29, 0.717) is 0 Å². The minimum Gasteiger partial charge on any atom is -0.382 e. The highest BCUT2D eigenvalue weighted by Crippen LogP contribution is 2.34. The van der Waals surface area contributed by atoms with Gasteiger partial charge in [0.15, 0.2) is 0 Å². The fourth-order valence-electron chi connectivity index (χ4n) is 1.96. The molecular formula is C14H20Br2O. The Labute approximate surface area is 121 Å². The molecule has 0 saturated heterocycles. The number of rotatable bonds is 6. The summed E-state index contributed by atoms with van der Waals surface area (Å²) in [6, 6.07) is 8.79. The van der Waals surface area contributed by atoms with E-state index in [-0.39, 0.29) is 11.5 Å². The van der Waals surface area contributed by atoms with E-state index in [1.165, 1.54) is 11.1 Å². The Bertz CT molecular complexity index is 331. The lowest BCUT2D eigenvalue weighted by atomic mass is 9.79. The smallest absolute Gasteiger partial charge is 0.0552 e. The normalized spacial score (nSPS) is 13.7. The van der Waals surface area contributed by atoms with Gasteiger partial charge < -0.3 is 4.74 Å². The van der Waals surface area contributed by atoms with E-state index in [0.717, 1.165) is 17.1 Å². The van der Waals surface area contributed by atoms with Crippen LogP contribution in [-0.2, 0) is 10.2 Å². The van der Waals surface area contributed by atoms with E-state index >= 15 is 0 Å². The van der Waals surface area contributed by atoms with Crippen molar-refractivity contribution < 1.29 is 4.74 Å². The molecule has 0 N–H and O–H groups in total. The first kappa shape index (κ1) is 15.2. The monoisotopic (exact) mass is 362 g/mol. The zero-order valence-corrected chi connectivity index (χ0v) is 13.8. The van der Waals surface area contributed by atoms with Crippen LogP contribution < -0.4 is 0 Å². The quantitative estimate of drug-likeness (QED) is 0.678. The molecule has 0 aliphatic carbocycles. The first-order valence-electron chi connectivity index (χ1n) is 5.80. The summed E-state index contributed by atoms with van der Waals surface area (Å²) >= 11 is 7.32. The van der Waals surface area contributed by atoms with Crippen LogP contribution in [0.1, 0.15) is 24.5 Å². The zero-order chi connectivity index (χ0) is 12.9. The van der Waals surface area contributed by atoms with Crippen LogP contribution in [0.2, 0.25) is 0 Å². The minimum atomic E-state index is 0.100. The largest absolute Gasteiger partial charge is 0.382 e. The van der Waals surface area contributed by atoms with Crippen molar-refractivity contribution in [3.63, 3.8) is 0 Å². The Kier molecular flexibility index (Phi) is 6.18. The Balaban J connectivity index is 3.01. The second-order valence-electron chi connectivity index (χ2n) is 4.66. The number of methoxy groups -OCH3 is 1. The summed E-state index contributed by atoms with van der Waals surface area (Å²) in [5, 5.41) is 1.87. The summed E-state index contributed by atoms with van der Waals surface area (Å²) in [6.07, 6.45) is 1.26. The van der Waals surface area contributed by atoms with Gasteiger partial charge in [0.1, 0.15) is 0 Å². The maximum absolute atomic E-state index is 5.41. The molecule has 0 radical (unpaired) electrons. The summed E-state index contributed by atoms with van der Waals surface area (Å²) < 4.78 is 5.41. The van der Waals surface area contributed by atoms with Gasteiger partial charge in [-0.3, -0.25) is 0 Å². The van der Waals surface area contributed by atoms with Gasteiger partial charge in [-0.15, -0.1) is 0 Å². The van der Waals surface area contributed by atoms with E-state index in [4.69, 9.17) is 4.74 Å². The van der Waals surface area contributed by atoms with E-state index < -0.39 is 0 Å². The van der Waals surface area contributed by atoms with Crippen molar-refractivity contribution >= 4 is 31.9 Å². The summed E-state index contributed by atoms with van der Waals surface area (Å²) in [7, 11) is 1.77. The van der Waals surface area contributed by atoms with Crippen LogP contribution >= 0.6 is 31.9 Å². The van der Waals surface area contributed by atoms with Crippen molar-refractivity contribution in [3.05, 3.63) is 35.4 Å². The third-order valence-corrected chi connectivity index (χ3v) is 5.40. The fourth-order valence-corrected chi connectivity index (χ4v) is 3.99. The summed E-state index contributed by atoms with van der Waals surface area (Å²) in [6.45, 7) is 4.24. The Morgan fingerprint density at radius 3 is 2.12 bits per heavy atom. The van der Waals surface area contributed by atoms with Gasteiger partial charge >= 0.3 is 0 Å². The fraction of sp³-hybridized carbons (Fsp3) is 0.571. The number of ether oxygens (including phenoxy) is 1.